The van der Waals surface area contributed by atoms with E-state index in [-0.39, 0.29) is 17.8 Å². The van der Waals surface area contributed by atoms with Crippen LogP contribution in [0.1, 0.15) is 51.5 Å². The van der Waals surface area contributed by atoms with Crippen LogP contribution >= 0.6 is 0 Å². The number of hydrogen-bond acceptors (Lipinski definition) is 3. The summed E-state index contributed by atoms with van der Waals surface area (Å²) in [6.07, 6.45) is 2.57. The van der Waals surface area contributed by atoms with Gasteiger partial charge in [0.1, 0.15) is 17.3 Å². The molecule has 0 aliphatic heterocycles. The average molecular weight is 294 g/mol. The number of carbonyl (C=O) groups excluding carboxylic acids is 2. The molecule has 1 aromatic rings. The highest BCUT2D eigenvalue weighted by atomic mass is 16.6. The van der Waals surface area contributed by atoms with E-state index in [1.54, 1.807) is 29.9 Å². The van der Waals surface area contributed by atoms with Crippen LogP contribution in [0.3, 0.4) is 0 Å². The first kappa shape index (κ1) is 17.3. The fourth-order valence-corrected chi connectivity index (χ4v) is 1.95. The summed E-state index contributed by atoms with van der Waals surface area (Å²) in [6, 6.07) is 2.87. The molecule has 0 radical (unpaired) electrons. The molecule has 1 heterocycles. The van der Waals surface area contributed by atoms with Crippen LogP contribution in [0.4, 0.5) is 0 Å². The average Bonchev–Trinajstić information content (AvgIpc) is 2.78. The number of hydrogen-bond donors (Lipinski definition) is 1. The largest absolute Gasteiger partial charge is 0.458 e. The zero-order valence-corrected chi connectivity index (χ0v) is 13.8. The summed E-state index contributed by atoms with van der Waals surface area (Å²) >= 11 is 0. The Labute approximate surface area is 126 Å². The molecule has 0 aromatic carbocycles. The van der Waals surface area contributed by atoms with E-state index in [9.17, 15) is 9.59 Å². The summed E-state index contributed by atoms with van der Waals surface area (Å²) in [5, 5.41) is 2.80. The second kappa shape index (κ2) is 6.78. The predicted molar refractivity (Wildman–Crippen MR) is 82.0 cm³/mol. The smallest absolute Gasteiger partial charge is 0.329 e. The SMILES string of the molecule is CC[C@H](C)[C@H](NC(=O)c1cccn1C)C(=O)OC(C)(C)C. The molecular weight excluding hydrogens is 268 g/mol. The number of rotatable bonds is 5. The molecule has 2 atom stereocenters. The van der Waals surface area contributed by atoms with Crippen molar-refractivity contribution in [2.24, 2.45) is 13.0 Å². The maximum absolute atomic E-state index is 12.3. The monoisotopic (exact) mass is 294 g/mol. The van der Waals surface area contributed by atoms with Gasteiger partial charge in [0, 0.05) is 13.2 Å². The Bertz CT molecular complexity index is 500. The van der Waals surface area contributed by atoms with E-state index in [1.807, 2.05) is 34.6 Å². The summed E-state index contributed by atoms with van der Waals surface area (Å²) in [5.74, 6) is -0.651. The Morgan fingerprint density at radius 1 is 1.38 bits per heavy atom. The Kier molecular flexibility index (Phi) is 5.58. The number of aryl methyl sites for hydroxylation is 1. The van der Waals surface area contributed by atoms with Gasteiger partial charge in [-0.3, -0.25) is 4.79 Å². The van der Waals surface area contributed by atoms with Gasteiger partial charge in [0.25, 0.3) is 5.91 Å². The summed E-state index contributed by atoms with van der Waals surface area (Å²) in [6.45, 7) is 9.36. The molecule has 118 valence electrons. The standard InChI is InChI=1S/C16H26N2O3/c1-7-11(2)13(15(20)21-16(3,4)5)17-14(19)12-9-8-10-18(12)6/h8-11,13H,7H2,1-6H3,(H,17,19)/t11-,13-/m0/s1. The lowest BCUT2D eigenvalue weighted by Gasteiger charge is -2.27. The molecule has 0 fully saturated rings. The Balaban J connectivity index is 2.87. The van der Waals surface area contributed by atoms with Crippen LogP contribution in [0.2, 0.25) is 0 Å². The molecule has 5 heteroatoms. The zero-order valence-electron chi connectivity index (χ0n) is 13.8. The van der Waals surface area contributed by atoms with Gasteiger partial charge in [-0.2, -0.15) is 0 Å². The van der Waals surface area contributed by atoms with Crippen LogP contribution < -0.4 is 5.32 Å². The molecule has 0 unspecified atom stereocenters. The van der Waals surface area contributed by atoms with Gasteiger partial charge in [-0.1, -0.05) is 20.3 Å². The molecule has 1 rings (SSSR count). The summed E-state index contributed by atoms with van der Waals surface area (Å²) < 4.78 is 7.13. The lowest BCUT2D eigenvalue weighted by Crippen LogP contribution is -2.48. The molecule has 0 spiro atoms. The molecule has 0 saturated heterocycles. The first-order chi connectivity index (χ1) is 9.65. The second-order valence-corrected chi connectivity index (χ2v) is 6.37. The Morgan fingerprint density at radius 3 is 2.43 bits per heavy atom. The Hall–Kier alpha value is -1.78. The van der Waals surface area contributed by atoms with Crippen molar-refractivity contribution in [3.05, 3.63) is 24.0 Å². The molecule has 0 saturated carbocycles. The van der Waals surface area contributed by atoms with Crippen molar-refractivity contribution in [3.8, 4) is 0 Å². The predicted octanol–water partition coefficient (Wildman–Crippen LogP) is 2.51. The molecule has 21 heavy (non-hydrogen) atoms. The zero-order chi connectivity index (χ0) is 16.2. The fraction of sp³-hybridized carbons (Fsp3) is 0.625. The van der Waals surface area contributed by atoms with Crippen molar-refractivity contribution in [1.29, 1.82) is 0 Å². The molecule has 1 amide bonds. The van der Waals surface area contributed by atoms with Gasteiger partial charge in [0.15, 0.2) is 0 Å². The van der Waals surface area contributed by atoms with Crippen molar-refractivity contribution < 1.29 is 14.3 Å². The van der Waals surface area contributed by atoms with Crippen LogP contribution in [-0.2, 0) is 16.6 Å². The molecule has 0 aliphatic carbocycles. The van der Waals surface area contributed by atoms with E-state index >= 15 is 0 Å². The van der Waals surface area contributed by atoms with Crippen LogP contribution in [0.15, 0.2) is 18.3 Å². The minimum absolute atomic E-state index is 0.00377. The van der Waals surface area contributed by atoms with Crippen LogP contribution in [-0.4, -0.2) is 28.1 Å². The fourth-order valence-electron chi connectivity index (χ4n) is 1.95. The van der Waals surface area contributed by atoms with Crippen molar-refractivity contribution in [2.75, 3.05) is 0 Å². The van der Waals surface area contributed by atoms with E-state index < -0.39 is 11.6 Å². The highest BCUT2D eigenvalue weighted by molar-refractivity contribution is 5.95. The number of nitrogens with zero attached hydrogens (tertiary/aromatic N) is 1. The third-order valence-electron chi connectivity index (χ3n) is 3.34. The molecule has 0 aliphatic rings. The number of amides is 1. The number of nitrogens with one attached hydrogen (secondary N) is 1. The first-order valence-electron chi connectivity index (χ1n) is 7.30. The van der Waals surface area contributed by atoms with Gasteiger partial charge in [0.2, 0.25) is 0 Å². The van der Waals surface area contributed by atoms with E-state index in [2.05, 4.69) is 5.32 Å². The van der Waals surface area contributed by atoms with Gasteiger partial charge >= 0.3 is 5.97 Å². The van der Waals surface area contributed by atoms with E-state index in [4.69, 9.17) is 4.74 Å². The van der Waals surface area contributed by atoms with Crippen LogP contribution in [0, 0.1) is 5.92 Å². The molecule has 0 bridgehead atoms. The number of ether oxygens (including phenoxy) is 1. The molecule has 5 nitrogen and oxygen atoms in total. The van der Waals surface area contributed by atoms with E-state index in [0.717, 1.165) is 6.42 Å². The quantitative estimate of drug-likeness (QED) is 0.849. The molecule has 1 N–H and O–H groups in total. The van der Waals surface area contributed by atoms with Crippen molar-refractivity contribution >= 4 is 11.9 Å². The van der Waals surface area contributed by atoms with Gasteiger partial charge in [-0.25, -0.2) is 4.79 Å². The highest BCUT2D eigenvalue weighted by Gasteiger charge is 2.31. The number of carbonyl (C=O) groups is 2. The summed E-state index contributed by atoms with van der Waals surface area (Å²) in [5.41, 5.74) is -0.0507. The molecular formula is C16H26N2O3. The normalized spacial score (nSPS) is 14.4. The van der Waals surface area contributed by atoms with E-state index in [0.29, 0.717) is 5.69 Å². The molecule has 1 aromatic heterocycles. The summed E-state index contributed by atoms with van der Waals surface area (Å²) in [4.78, 5) is 24.6. The minimum atomic E-state index is -0.642. The van der Waals surface area contributed by atoms with Gasteiger partial charge < -0.3 is 14.6 Å². The lowest BCUT2D eigenvalue weighted by atomic mass is 9.98. The van der Waals surface area contributed by atoms with Crippen molar-refractivity contribution in [1.82, 2.24) is 9.88 Å². The van der Waals surface area contributed by atoms with Crippen molar-refractivity contribution in [2.45, 2.75) is 52.7 Å². The van der Waals surface area contributed by atoms with Crippen LogP contribution in [0.25, 0.3) is 0 Å². The lowest BCUT2D eigenvalue weighted by molar-refractivity contribution is -0.158. The minimum Gasteiger partial charge on any atom is -0.458 e. The summed E-state index contributed by atoms with van der Waals surface area (Å²) in [7, 11) is 1.79. The van der Waals surface area contributed by atoms with Gasteiger partial charge in [0.05, 0.1) is 0 Å². The van der Waals surface area contributed by atoms with Gasteiger partial charge in [-0.15, -0.1) is 0 Å². The van der Waals surface area contributed by atoms with Crippen molar-refractivity contribution in [3.63, 3.8) is 0 Å². The maximum atomic E-state index is 12.3. The number of aromatic nitrogens is 1. The third-order valence-corrected chi connectivity index (χ3v) is 3.34. The Morgan fingerprint density at radius 2 is 2.00 bits per heavy atom. The van der Waals surface area contributed by atoms with E-state index in [1.165, 1.54) is 0 Å². The highest BCUT2D eigenvalue weighted by Crippen LogP contribution is 2.15. The maximum Gasteiger partial charge on any atom is 0.329 e. The third kappa shape index (κ3) is 4.92. The first-order valence-corrected chi connectivity index (χ1v) is 7.30. The van der Waals surface area contributed by atoms with Crippen LogP contribution in [0.5, 0.6) is 0 Å². The van der Waals surface area contributed by atoms with Gasteiger partial charge in [-0.05, 0) is 38.8 Å². The number of esters is 1. The second-order valence-electron chi connectivity index (χ2n) is 6.37. The topological polar surface area (TPSA) is 60.3 Å².